The van der Waals surface area contributed by atoms with Crippen LogP contribution in [-0.4, -0.2) is 57.2 Å². The molecule has 1 amide bonds. The van der Waals surface area contributed by atoms with Crippen LogP contribution >= 0.6 is 0 Å². The summed E-state index contributed by atoms with van der Waals surface area (Å²) in [6, 6.07) is 8.83. The Morgan fingerprint density at radius 3 is 2.62 bits per heavy atom. The second kappa shape index (κ2) is 10.3. The highest BCUT2D eigenvalue weighted by Crippen LogP contribution is 2.02. The Balaban J connectivity index is 1.97. The van der Waals surface area contributed by atoms with Gasteiger partial charge in [0.05, 0.1) is 13.2 Å². The van der Waals surface area contributed by atoms with Crippen LogP contribution in [0.5, 0.6) is 0 Å². The Morgan fingerprint density at radius 1 is 1.28 bits per heavy atom. The first-order valence-electron chi connectivity index (χ1n) is 8.93. The highest BCUT2D eigenvalue weighted by molar-refractivity contribution is 5.81. The van der Waals surface area contributed by atoms with Crippen molar-refractivity contribution in [2.45, 2.75) is 26.1 Å². The zero-order chi connectivity index (χ0) is 21.4. The first-order valence-corrected chi connectivity index (χ1v) is 8.93. The fraction of sp³-hybridized carbons (Fsp3) is 0.368. The number of carboxylic acid groups (broad SMARTS) is 1. The molecule has 156 valence electrons. The highest BCUT2D eigenvalue weighted by Gasteiger charge is 2.21. The number of amides is 1. The minimum Gasteiger partial charge on any atom is -0.480 e. The fourth-order valence-corrected chi connectivity index (χ4v) is 2.64. The molecule has 1 heterocycles. The van der Waals surface area contributed by atoms with Crippen LogP contribution in [-0.2, 0) is 27.5 Å². The molecule has 0 spiro atoms. The number of carbonyl (C=O) groups excluding carboxylic acids is 1. The molecule has 29 heavy (non-hydrogen) atoms. The van der Waals surface area contributed by atoms with E-state index >= 15 is 0 Å². The smallest absolute Gasteiger partial charge is 0.328 e. The third kappa shape index (κ3) is 7.01. The van der Waals surface area contributed by atoms with Crippen molar-refractivity contribution >= 4 is 11.9 Å². The van der Waals surface area contributed by atoms with Crippen molar-refractivity contribution in [3.05, 3.63) is 68.5 Å². The van der Waals surface area contributed by atoms with Gasteiger partial charge in [0.2, 0.25) is 5.91 Å². The predicted octanol–water partition coefficient (Wildman–Crippen LogP) is -0.698. The summed E-state index contributed by atoms with van der Waals surface area (Å²) < 4.78 is 6.55. The van der Waals surface area contributed by atoms with Crippen molar-refractivity contribution in [2.24, 2.45) is 5.73 Å². The van der Waals surface area contributed by atoms with E-state index in [4.69, 9.17) is 15.6 Å². The number of carboxylic acids is 1. The van der Waals surface area contributed by atoms with E-state index in [0.717, 1.165) is 15.0 Å². The van der Waals surface area contributed by atoms with Crippen LogP contribution in [0.25, 0.3) is 0 Å². The molecule has 10 nitrogen and oxygen atoms in total. The van der Waals surface area contributed by atoms with Crippen LogP contribution in [0.2, 0.25) is 0 Å². The average Bonchev–Trinajstić information content (AvgIpc) is 2.66. The standard InChI is InChI=1S/C19H24N4O6/c1-13-7-23(19(28)21-18(13)27)9-16(24)22(10-17(25)26)8-15(20)12-29-11-14-5-3-2-4-6-14/h2-7,15H,8-12,20H2,1H3,(H,25,26)(H,21,27,28)/t15-/m0/s1. The third-order valence-electron chi connectivity index (χ3n) is 4.07. The van der Waals surface area contributed by atoms with Gasteiger partial charge in [0.1, 0.15) is 13.1 Å². The maximum atomic E-state index is 12.5. The Kier molecular flexibility index (Phi) is 7.87. The summed E-state index contributed by atoms with van der Waals surface area (Å²) in [6.07, 6.45) is 1.25. The molecule has 1 atom stereocenters. The van der Waals surface area contributed by atoms with Gasteiger partial charge < -0.3 is 20.5 Å². The Labute approximate surface area is 166 Å². The topological polar surface area (TPSA) is 148 Å². The molecular formula is C19H24N4O6. The molecule has 0 unspecified atom stereocenters. The number of nitrogens with zero attached hydrogens (tertiary/aromatic N) is 2. The number of aliphatic carboxylic acids is 1. The van der Waals surface area contributed by atoms with E-state index in [1.54, 1.807) is 0 Å². The van der Waals surface area contributed by atoms with E-state index in [1.165, 1.54) is 13.1 Å². The summed E-state index contributed by atoms with van der Waals surface area (Å²) in [7, 11) is 0. The number of ether oxygens (including phenoxy) is 1. The molecule has 0 aliphatic carbocycles. The van der Waals surface area contributed by atoms with Gasteiger partial charge in [-0.1, -0.05) is 30.3 Å². The van der Waals surface area contributed by atoms with Crippen LogP contribution in [0.4, 0.5) is 0 Å². The molecule has 10 heteroatoms. The van der Waals surface area contributed by atoms with Gasteiger partial charge in [-0.15, -0.1) is 0 Å². The largest absolute Gasteiger partial charge is 0.480 e. The molecule has 0 radical (unpaired) electrons. The summed E-state index contributed by atoms with van der Waals surface area (Å²) in [6.45, 7) is 0.915. The van der Waals surface area contributed by atoms with Gasteiger partial charge >= 0.3 is 11.7 Å². The number of hydrogen-bond donors (Lipinski definition) is 3. The number of H-pyrrole nitrogens is 1. The van der Waals surface area contributed by atoms with Crippen LogP contribution in [0, 0.1) is 6.92 Å². The summed E-state index contributed by atoms with van der Waals surface area (Å²) in [5.74, 6) is -1.82. The van der Waals surface area contributed by atoms with E-state index in [-0.39, 0.29) is 18.7 Å². The maximum absolute atomic E-state index is 12.5. The van der Waals surface area contributed by atoms with E-state index in [1.807, 2.05) is 30.3 Å². The first-order chi connectivity index (χ1) is 13.8. The lowest BCUT2D eigenvalue weighted by atomic mass is 10.2. The molecule has 1 aromatic carbocycles. The van der Waals surface area contributed by atoms with Crippen LogP contribution < -0.4 is 17.0 Å². The molecular weight excluding hydrogens is 380 g/mol. The summed E-state index contributed by atoms with van der Waals surface area (Å²) >= 11 is 0. The van der Waals surface area contributed by atoms with E-state index in [2.05, 4.69) is 4.98 Å². The molecule has 0 aliphatic rings. The molecule has 0 fully saturated rings. The van der Waals surface area contributed by atoms with E-state index < -0.39 is 42.3 Å². The minimum atomic E-state index is -1.21. The Bertz CT molecular complexity index is 953. The molecule has 0 saturated carbocycles. The van der Waals surface area contributed by atoms with Crippen LogP contribution in [0.3, 0.4) is 0 Å². The van der Waals surface area contributed by atoms with Gasteiger partial charge in [0, 0.05) is 24.3 Å². The Hall–Kier alpha value is -3.24. The summed E-state index contributed by atoms with van der Waals surface area (Å²) in [5, 5.41) is 9.09. The lowest BCUT2D eigenvalue weighted by molar-refractivity contribution is -0.145. The SMILES string of the molecule is Cc1cn(CC(=O)N(CC(=O)O)C[C@H](N)COCc2ccccc2)c(=O)[nH]c1=O. The van der Waals surface area contributed by atoms with Gasteiger partial charge in [-0.05, 0) is 12.5 Å². The average molecular weight is 404 g/mol. The lowest BCUT2D eigenvalue weighted by Crippen LogP contribution is -2.47. The maximum Gasteiger partial charge on any atom is 0.328 e. The number of benzene rings is 1. The van der Waals surface area contributed by atoms with Crippen molar-refractivity contribution in [1.82, 2.24) is 14.5 Å². The predicted molar refractivity (Wildman–Crippen MR) is 104 cm³/mol. The van der Waals surface area contributed by atoms with Gasteiger partial charge in [-0.2, -0.15) is 0 Å². The monoisotopic (exact) mass is 404 g/mol. The molecule has 0 bridgehead atoms. The van der Waals surface area contributed by atoms with Crippen LogP contribution in [0.15, 0.2) is 46.1 Å². The van der Waals surface area contributed by atoms with Crippen LogP contribution in [0.1, 0.15) is 11.1 Å². The van der Waals surface area contributed by atoms with Gasteiger partial charge in [-0.3, -0.25) is 23.9 Å². The minimum absolute atomic E-state index is 0.0585. The number of aromatic amines is 1. The number of rotatable bonds is 10. The number of nitrogens with two attached hydrogens (primary N) is 1. The first kappa shape index (κ1) is 22.1. The molecule has 4 N–H and O–H groups in total. The van der Waals surface area contributed by atoms with Crippen molar-refractivity contribution in [3.63, 3.8) is 0 Å². The van der Waals surface area contributed by atoms with Crippen molar-refractivity contribution in [2.75, 3.05) is 19.7 Å². The van der Waals surface area contributed by atoms with Gasteiger partial charge in [-0.25, -0.2) is 4.79 Å². The zero-order valence-corrected chi connectivity index (χ0v) is 16.0. The third-order valence-corrected chi connectivity index (χ3v) is 4.07. The number of nitrogens with one attached hydrogen (secondary N) is 1. The number of aryl methyl sites for hydroxylation is 1. The van der Waals surface area contributed by atoms with E-state index in [0.29, 0.717) is 6.61 Å². The second-order valence-corrected chi connectivity index (χ2v) is 6.63. The molecule has 2 aromatic rings. The summed E-state index contributed by atoms with van der Waals surface area (Å²) in [4.78, 5) is 50.1. The normalized spacial score (nSPS) is 11.8. The molecule has 0 aliphatic heterocycles. The van der Waals surface area contributed by atoms with Crippen molar-refractivity contribution in [3.8, 4) is 0 Å². The van der Waals surface area contributed by atoms with E-state index in [9.17, 15) is 19.2 Å². The number of carbonyl (C=O) groups is 2. The van der Waals surface area contributed by atoms with Crippen molar-refractivity contribution < 1.29 is 19.4 Å². The quantitative estimate of drug-likeness (QED) is 0.474. The molecule has 2 rings (SSSR count). The van der Waals surface area contributed by atoms with Gasteiger partial charge in [0.15, 0.2) is 0 Å². The van der Waals surface area contributed by atoms with Gasteiger partial charge in [0.25, 0.3) is 5.56 Å². The molecule has 0 saturated heterocycles. The zero-order valence-electron chi connectivity index (χ0n) is 16.0. The van der Waals surface area contributed by atoms with Crippen molar-refractivity contribution in [1.29, 1.82) is 0 Å². The Morgan fingerprint density at radius 2 is 1.97 bits per heavy atom. The number of aromatic nitrogens is 2. The fourth-order valence-electron chi connectivity index (χ4n) is 2.64. The molecule has 1 aromatic heterocycles. The summed E-state index contributed by atoms with van der Waals surface area (Å²) in [5.41, 5.74) is 5.92. The highest BCUT2D eigenvalue weighted by atomic mass is 16.5. The second-order valence-electron chi connectivity index (χ2n) is 6.63. The number of hydrogen-bond acceptors (Lipinski definition) is 6. The lowest BCUT2D eigenvalue weighted by Gasteiger charge is -2.24.